The van der Waals surface area contributed by atoms with Crippen LogP contribution in [-0.2, 0) is 19.1 Å². The van der Waals surface area contributed by atoms with E-state index in [-0.39, 0.29) is 24.9 Å². The summed E-state index contributed by atoms with van der Waals surface area (Å²) in [5.41, 5.74) is 2.52. The zero-order chi connectivity index (χ0) is 31.3. The number of amides is 1. The van der Waals surface area contributed by atoms with Gasteiger partial charge in [-0.2, -0.15) is 0 Å². The SMILES string of the molecule is C=CC(=O)OCCOC(=O)c1ccc(N2CCN(C(=O)C(CCCC)Oc3ccc(C(=O)c4ccccc4)cc3)CC2)cc1. The fraction of sp³-hybridized carbons (Fsp3) is 0.314. The standard InChI is InChI=1S/C35H38N2O7/c1-3-5-11-31(44-30-18-14-27(15-19-30)33(39)26-9-7-6-8-10-26)34(40)37-22-20-36(21-23-37)29-16-12-28(13-17-29)35(41)43-25-24-42-32(38)4-2/h4,6-10,12-19,31H,2-3,5,11,20-25H2,1H3. The number of esters is 2. The summed E-state index contributed by atoms with van der Waals surface area (Å²) in [5, 5.41) is 0. The Labute approximate surface area is 258 Å². The molecule has 0 radical (unpaired) electrons. The minimum absolute atomic E-state index is 0.0376. The molecule has 1 atom stereocenters. The molecule has 9 heteroatoms. The van der Waals surface area contributed by atoms with Crippen molar-refractivity contribution in [2.45, 2.75) is 32.3 Å². The van der Waals surface area contributed by atoms with Gasteiger partial charge in [-0.3, -0.25) is 9.59 Å². The fourth-order valence-electron chi connectivity index (χ4n) is 4.84. The van der Waals surface area contributed by atoms with Crippen molar-refractivity contribution >= 4 is 29.3 Å². The van der Waals surface area contributed by atoms with Gasteiger partial charge in [0, 0.05) is 49.1 Å². The van der Waals surface area contributed by atoms with E-state index in [4.69, 9.17) is 14.2 Å². The minimum Gasteiger partial charge on any atom is -0.481 e. The van der Waals surface area contributed by atoms with E-state index in [9.17, 15) is 19.2 Å². The van der Waals surface area contributed by atoms with Gasteiger partial charge in [-0.1, -0.05) is 50.3 Å². The van der Waals surface area contributed by atoms with Gasteiger partial charge >= 0.3 is 11.9 Å². The third-order valence-electron chi connectivity index (χ3n) is 7.31. The summed E-state index contributed by atoms with van der Waals surface area (Å²) in [6, 6.07) is 23.2. The number of piperazine rings is 1. The molecule has 1 saturated heterocycles. The first-order chi connectivity index (χ1) is 21.4. The number of anilines is 1. The molecule has 1 amide bonds. The number of rotatable bonds is 14. The quantitative estimate of drug-likeness (QED) is 0.109. The third-order valence-corrected chi connectivity index (χ3v) is 7.31. The van der Waals surface area contributed by atoms with Crippen LogP contribution in [0.5, 0.6) is 5.75 Å². The molecule has 1 aliphatic heterocycles. The number of ketones is 1. The molecule has 0 spiro atoms. The monoisotopic (exact) mass is 598 g/mol. The molecule has 0 N–H and O–H groups in total. The first kappa shape index (κ1) is 32.0. The largest absolute Gasteiger partial charge is 0.481 e. The number of hydrogen-bond acceptors (Lipinski definition) is 8. The van der Waals surface area contributed by atoms with Gasteiger partial charge in [-0.15, -0.1) is 0 Å². The van der Waals surface area contributed by atoms with Crippen LogP contribution >= 0.6 is 0 Å². The average Bonchev–Trinajstić information content (AvgIpc) is 3.08. The summed E-state index contributed by atoms with van der Waals surface area (Å²) in [6.07, 6.45) is 2.84. The van der Waals surface area contributed by atoms with Crippen molar-refractivity contribution < 1.29 is 33.4 Å². The highest BCUT2D eigenvalue weighted by Gasteiger charge is 2.29. The number of ether oxygens (including phenoxy) is 3. The van der Waals surface area contributed by atoms with Crippen molar-refractivity contribution in [3.8, 4) is 5.75 Å². The Morgan fingerprint density at radius 2 is 1.41 bits per heavy atom. The molecule has 9 nitrogen and oxygen atoms in total. The maximum Gasteiger partial charge on any atom is 0.338 e. The first-order valence-corrected chi connectivity index (χ1v) is 14.9. The van der Waals surface area contributed by atoms with Gasteiger partial charge < -0.3 is 24.0 Å². The second kappa shape index (κ2) is 16.1. The molecule has 0 aliphatic carbocycles. The van der Waals surface area contributed by atoms with Crippen LogP contribution in [0.15, 0.2) is 91.5 Å². The molecule has 1 fully saturated rings. The average molecular weight is 599 g/mol. The van der Waals surface area contributed by atoms with Crippen molar-refractivity contribution in [3.05, 3.63) is 108 Å². The van der Waals surface area contributed by atoms with E-state index in [1.165, 1.54) is 0 Å². The van der Waals surface area contributed by atoms with Gasteiger partial charge in [0.25, 0.3) is 5.91 Å². The Morgan fingerprint density at radius 3 is 2.05 bits per heavy atom. The smallest absolute Gasteiger partial charge is 0.338 e. The molecule has 1 heterocycles. The van der Waals surface area contributed by atoms with Crippen LogP contribution in [0.25, 0.3) is 0 Å². The second-order valence-corrected chi connectivity index (χ2v) is 10.3. The Kier molecular flexibility index (Phi) is 11.7. The lowest BCUT2D eigenvalue weighted by atomic mass is 10.0. The lowest BCUT2D eigenvalue weighted by Gasteiger charge is -2.37. The van der Waals surface area contributed by atoms with E-state index < -0.39 is 18.0 Å². The molecule has 4 rings (SSSR count). The molecule has 1 aliphatic rings. The Balaban J connectivity index is 1.29. The number of hydrogen-bond donors (Lipinski definition) is 0. The number of benzene rings is 3. The van der Waals surface area contributed by atoms with Crippen molar-refractivity contribution in [1.29, 1.82) is 0 Å². The molecule has 0 aromatic heterocycles. The van der Waals surface area contributed by atoms with E-state index in [2.05, 4.69) is 18.4 Å². The molecule has 0 saturated carbocycles. The molecule has 3 aromatic carbocycles. The van der Waals surface area contributed by atoms with E-state index in [1.807, 2.05) is 35.2 Å². The predicted molar refractivity (Wildman–Crippen MR) is 167 cm³/mol. The van der Waals surface area contributed by atoms with Crippen molar-refractivity contribution in [1.82, 2.24) is 4.90 Å². The van der Waals surface area contributed by atoms with Crippen molar-refractivity contribution in [2.75, 3.05) is 44.3 Å². The summed E-state index contributed by atoms with van der Waals surface area (Å²) >= 11 is 0. The first-order valence-electron chi connectivity index (χ1n) is 14.9. The number of carbonyl (C=O) groups excluding carboxylic acids is 4. The van der Waals surface area contributed by atoms with Gasteiger partial charge in [-0.25, -0.2) is 9.59 Å². The lowest BCUT2D eigenvalue weighted by Crippen LogP contribution is -2.52. The molecule has 44 heavy (non-hydrogen) atoms. The molecule has 3 aromatic rings. The van der Waals surface area contributed by atoms with Gasteiger partial charge in [0.2, 0.25) is 0 Å². The predicted octanol–water partition coefficient (Wildman–Crippen LogP) is 5.09. The zero-order valence-electron chi connectivity index (χ0n) is 25.0. The van der Waals surface area contributed by atoms with Gasteiger partial charge in [0.15, 0.2) is 11.9 Å². The van der Waals surface area contributed by atoms with Gasteiger partial charge in [-0.05, 0) is 61.4 Å². The third kappa shape index (κ3) is 8.80. The van der Waals surface area contributed by atoms with Crippen LogP contribution in [0.3, 0.4) is 0 Å². The van der Waals surface area contributed by atoms with Crippen LogP contribution in [-0.4, -0.2) is 74.0 Å². The zero-order valence-corrected chi connectivity index (χ0v) is 25.0. The van der Waals surface area contributed by atoms with E-state index in [1.54, 1.807) is 48.5 Å². The minimum atomic E-state index is -0.609. The molecule has 0 bridgehead atoms. The van der Waals surface area contributed by atoms with Crippen molar-refractivity contribution in [2.24, 2.45) is 0 Å². The summed E-state index contributed by atoms with van der Waals surface area (Å²) in [5.74, 6) is -0.623. The fourth-order valence-corrected chi connectivity index (χ4v) is 4.84. The van der Waals surface area contributed by atoms with Crippen LogP contribution in [0.4, 0.5) is 5.69 Å². The van der Waals surface area contributed by atoms with E-state index >= 15 is 0 Å². The van der Waals surface area contributed by atoms with Crippen molar-refractivity contribution in [3.63, 3.8) is 0 Å². The van der Waals surface area contributed by atoms with Gasteiger partial charge in [0.05, 0.1) is 5.56 Å². The molecule has 1 unspecified atom stereocenters. The highest BCUT2D eigenvalue weighted by molar-refractivity contribution is 6.09. The van der Waals surface area contributed by atoms with Crippen LogP contribution in [0, 0.1) is 0 Å². The summed E-state index contributed by atoms with van der Waals surface area (Å²) in [4.78, 5) is 53.6. The molecule has 230 valence electrons. The number of unbranched alkanes of at least 4 members (excludes halogenated alkanes) is 1. The Hall–Kier alpha value is -4.92. The van der Waals surface area contributed by atoms with Crippen LogP contribution in [0.2, 0.25) is 0 Å². The Bertz CT molecular complexity index is 1410. The normalized spacial score (nSPS) is 13.5. The Morgan fingerprint density at radius 1 is 0.795 bits per heavy atom. The summed E-state index contributed by atoms with van der Waals surface area (Å²) < 4.78 is 16.1. The van der Waals surface area contributed by atoms with Crippen LogP contribution in [0.1, 0.15) is 52.5 Å². The maximum atomic E-state index is 13.5. The lowest BCUT2D eigenvalue weighted by molar-refractivity contribution is -0.139. The highest BCUT2D eigenvalue weighted by Crippen LogP contribution is 2.22. The number of carbonyl (C=O) groups is 4. The summed E-state index contributed by atoms with van der Waals surface area (Å²) in [6.45, 7) is 7.68. The van der Waals surface area contributed by atoms with E-state index in [0.29, 0.717) is 55.0 Å². The summed E-state index contributed by atoms with van der Waals surface area (Å²) in [7, 11) is 0. The topological polar surface area (TPSA) is 102 Å². The maximum absolute atomic E-state index is 13.5. The second-order valence-electron chi connectivity index (χ2n) is 10.3. The molecular weight excluding hydrogens is 560 g/mol. The molecular formula is C35H38N2O7. The van der Waals surface area contributed by atoms with Crippen LogP contribution < -0.4 is 9.64 Å². The highest BCUT2D eigenvalue weighted by atomic mass is 16.6. The number of nitrogens with zero attached hydrogens (tertiary/aromatic N) is 2. The van der Waals surface area contributed by atoms with Gasteiger partial charge in [0.1, 0.15) is 19.0 Å². The van der Waals surface area contributed by atoms with E-state index in [0.717, 1.165) is 24.6 Å².